The molecule has 1 aromatic carbocycles. The van der Waals surface area contributed by atoms with Crippen molar-refractivity contribution in [3.63, 3.8) is 0 Å². The Morgan fingerprint density at radius 2 is 1.77 bits per heavy atom. The first-order valence-corrected chi connectivity index (χ1v) is 9.34. The lowest BCUT2D eigenvalue weighted by Gasteiger charge is -2.38. The fraction of sp³-hybridized carbons (Fsp3) is 0.500. The van der Waals surface area contributed by atoms with E-state index in [-0.39, 0.29) is 11.8 Å². The first kappa shape index (κ1) is 17.2. The van der Waals surface area contributed by atoms with Gasteiger partial charge in [0, 0.05) is 38.0 Å². The number of benzene rings is 1. The van der Waals surface area contributed by atoms with Crippen LogP contribution in [0.4, 0.5) is 11.6 Å². The Morgan fingerprint density at radius 3 is 2.46 bits per heavy atom. The fourth-order valence-electron chi connectivity index (χ4n) is 3.70. The predicted molar refractivity (Wildman–Crippen MR) is 101 cm³/mol. The molecule has 2 aromatic rings. The quantitative estimate of drug-likeness (QED) is 0.909. The van der Waals surface area contributed by atoms with Crippen molar-refractivity contribution in [1.82, 2.24) is 9.97 Å². The van der Waals surface area contributed by atoms with Gasteiger partial charge >= 0.3 is 0 Å². The molecule has 0 aliphatic carbocycles. The predicted octanol–water partition coefficient (Wildman–Crippen LogP) is 3.30. The molecule has 26 heavy (non-hydrogen) atoms. The van der Waals surface area contributed by atoms with Crippen LogP contribution in [0.3, 0.4) is 0 Å². The van der Waals surface area contributed by atoms with Gasteiger partial charge in [-0.1, -0.05) is 30.3 Å². The SMILES string of the molecule is Cc1nc(NC(C)c2ccccc2)cc(N2CCC3(CC2)OCCO3)n1. The summed E-state index contributed by atoms with van der Waals surface area (Å²) >= 11 is 0. The second-order valence-corrected chi connectivity index (χ2v) is 7.03. The maximum atomic E-state index is 5.82. The van der Waals surface area contributed by atoms with E-state index in [2.05, 4.69) is 51.4 Å². The van der Waals surface area contributed by atoms with Crippen LogP contribution >= 0.6 is 0 Å². The van der Waals surface area contributed by atoms with E-state index in [1.54, 1.807) is 0 Å². The van der Waals surface area contributed by atoms with Gasteiger partial charge in [0.05, 0.1) is 13.2 Å². The summed E-state index contributed by atoms with van der Waals surface area (Å²) in [6.07, 6.45) is 1.75. The maximum Gasteiger partial charge on any atom is 0.171 e. The van der Waals surface area contributed by atoms with E-state index in [9.17, 15) is 0 Å². The van der Waals surface area contributed by atoms with Gasteiger partial charge in [0.15, 0.2) is 5.79 Å². The summed E-state index contributed by atoms with van der Waals surface area (Å²) in [6, 6.07) is 12.6. The van der Waals surface area contributed by atoms with Crippen LogP contribution in [0, 0.1) is 6.92 Å². The summed E-state index contributed by atoms with van der Waals surface area (Å²) in [4.78, 5) is 11.5. The molecule has 138 valence electrons. The molecule has 1 aromatic heterocycles. The summed E-state index contributed by atoms with van der Waals surface area (Å²) in [6.45, 7) is 7.26. The standard InChI is InChI=1S/C20H26N4O2/c1-15(17-6-4-3-5-7-17)21-18-14-19(23-16(2)22-18)24-10-8-20(9-11-24)25-12-13-26-20/h3-7,14-15H,8-13H2,1-2H3,(H,21,22,23). The number of aromatic nitrogens is 2. The van der Waals surface area contributed by atoms with E-state index >= 15 is 0 Å². The van der Waals surface area contributed by atoms with Crippen molar-refractivity contribution < 1.29 is 9.47 Å². The summed E-state index contributed by atoms with van der Waals surface area (Å²) in [5, 5.41) is 3.50. The number of nitrogens with one attached hydrogen (secondary N) is 1. The van der Waals surface area contributed by atoms with E-state index in [1.165, 1.54) is 5.56 Å². The molecule has 2 aliphatic rings. The maximum absolute atomic E-state index is 5.82. The Morgan fingerprint density at radius 1 is 1.08 bits per heavy atom. The Hall–Kier alpha value is -2.18. The van der Waals surface area contributed by atoms with Crippen molar-refractivity contribution in [2.45, 2.75) is 38.5 Å². The number of ether oxygens (including phenoxy) is 2. The molecular weight excluding hydrogens is 328 g/mol. The number of hydrogen-bond acceptors (Lipinski definition) is 6. The number of piperidine rings is 1. The normalized spacial score (nSPS) is 20.3. The molecule has 2 fully saturated rings. The van der Waals surface area contributed by atoms with Gasteiger partial charge in [-0.25, -0.2) is 9.97 Å². The van der Waals surface area contributed by atoms with Crippen LogP contribution in [0.2, 0.25) is 0 Å². The molecule has 6 heteroatoms. The minimum absolute atomic E-state index is 0.184. The van der Waals surface area contributed by atoms with Gasteiger partial charge in [-0.2, -0.15) is 0 Å². The molecule has 0 amide bonds. The third-order valence-corrected chi connectivity index (χ3v) is 5.15. The lowest BCUT2D eigenvalue weighted by molar-refractivity contribution is -0.169. The molecule has 1 unspecified atom stereocenters. The topological polar surface area (TPSA) is 59.5 Å². The molecular formula is C20H26N4O2. The Labute approximate surface area is 154 Å². The van der Waals surface area contributed by atoms with Crippen molar-refractivity contribution >= 4 is 11.6 Å². The average Bonchev–Trinajstić information content (AvgIpc) is 3.10. The number of aryl methyl sites for hydroxylation is 1. The Balaban J connectivity index is 1.46. The second kappa shape index (κ2) is 7.21. The molecule has 1 spiro atoms. The smallest absolute Gasteiger partial charge is 0.171 e. The van der Waals surface area contributed by atoms with Crippen molar-refractivity contribution in [3.8, 4) is 0 Å². The molecule has 2 aliphatic heterocycles. The molecule has 1 atom stereocenters. The monoisotopic (exact) mass is 354 g/mol. The zero-order chi connectivity index (χ0) is 18.0. The van der Waals surface area contributed by atoms with E-state index < -0.39 is 0 Å². The summed E-state index contributed by atoms with van der Waals surface area (Å²) in [7, 11) is 0. The summed E-state index contributed by atoms with van der Waals surface area (Å²) in [5.74, 6) is 2.24. The fourth-order valence-corrected chi connectivity index (χ4v) is 3.70. The third-order valence-electron chi connectivity index (χ3n) is 5.15. The van der Waals surface area contributed by atoms with E-state index in [1.807, 2.05) is 19.1 Å². The van der Waals surface area contributed by atoms with E-state index in [0.29, 0.717) is 13.2 Å². The highest BCUT2D eigenvalue weighted by molar-refractivity contribution is 5.50. The molecule has 1 N–H and O–H groups in total. The van der Waals surface area contributed by atoms with Crippen molar-refractivity contribution in [2.24, 2.45) is 0 Å². The van der Waals surface area contributed by atoms with Crippen LogP contribution in [-0.4, -0.2) is 42.1 Å². The van der Waals surface area contributed by atoms with Crippen LogP contribution in [0.25, 0.3) is 0 Å². The lowest BCUT2D eigenvalue weighted by atomic mass is 10.0. The average molecular weight is 354 g/mol. The van der Waals surface area contributed by atoms with Crippen LogP contribution < -0.4 is 10.2 Å². The van der Waals surface area contributed by atoms with Crippen molar-refractivity contribution in [3.05, 3.63) is 47.8 Å². The summed E-state index contributed by atoms with van der Waals surface area (Å²) in [5.41, 5.74) is 1.24. The van der Waals surface area contributed by atoms with Crippen LogP contribution in [0.1, 0.15) is 37.2 Å². The second-order valence-electron chi connectivity index (χ2n) is 7.03. The van der Waals surface area contributed by atoms with Crippen LogP contribution in [-0.2, 0) is 9.47 Å². The van der Waals surface area contributed by atoms with Gasteiger partial charge in [0.25, 0.3) is 0 Å². The number of hydrogen-bond donors (Lipinski definition) is 1. The van der Waals surface area contributed by atoms with Gasteiger partial charge in [-0.15, -0.1) is 0 Å². The largest absolute Gasteiger partial charge is 0.363 e. The summed E-state index contributed by atoms with van der Waals surface area (Å²) < 4.78 is 11.6. The van der Waals surface area contributed by atoms with E-state index in [4.69, 9.17) is 9.47 Å². The first-order valence-electron chi connectivity index (χ1n) is 9.34. The molecule has 0 radical (unpaired) electrons. The minimum Gasteiger partial charge on any atom is -0.363 e. The van der Waals surface area contributed by atoms with Crippen LogP contribution in [0.15, 0.2) is 36.4 Å². The van der Waals surface area contributed by atoms with Gasteiger partial charge < -0.3 is 19.7 Å². The third kappa shape index (κ3) is 3.66. The minimum atomic E-state index is -0.360. The molecule has 3 heterocycles. The highest BCUT2D eigenvalue weighted by Gasteiger charge is 2.40. The van der Waals surface area contributed by atoms with Crippen molar-refractivity contribution in [2.75, 3.05) is 36.5 Å². The number of nitrogens with zero attached hydrogens (tertiary/aromatic N) is 3. The molecule has 2 saturated heterocycles. The van der Waals surface area contributed by atoms with Crippen LogP contribution in [0.5, 0.6) is 0 Å². The number of anilines is 2. The Bertz CT molecular complexity index is 737. The highest BCUT2D eigenvalue weighted by atomic mass is 16.7. The zero-order valence-electron chi connectivity index (χ0n) is 15.4. The molecule has 4 rings (SSSR count). The van der Waals surface area contributed by atoms with Crippen molar-refractivity contribution in [1.29, 1.82) is 0 Å². The first-order chi connectivity index (χ1) is 12.6. The Kier molecular flexibility index (Phi) is 4.78. The van der Waals surface area contributed by atoms with Gasteiger partial charge in [-0.05, 0) is 19.4 Å². The van der Waals surface area contributed by atoms with Gasteiger partial charge in [0.1, 0.15) is 17.5 Å². The van der Waals surface area contributed by atoms with Gasteiger partial charge in [0.2, 0.25) is 0 Å². The highest BCUT2D eigenvalue weighted by Crippen LogP contribution is 2.33. The molecule has 6 nitrogen and oxygen atoms in total. The zero-order valence-corrected chi connectivity index (χ0v) is 15.4. The lowest BCUT2D eigenvalue weighted by Crippen LogP contribution is -2.45. The van der Waals surface area contributed by atoms with Gasteiger partial charge in [-0.3, -0.25) is 0 Å². The molecule has 0 saturated carbocycles. The molecule has 0 bridgehead atoms. The van der Waals surface area contributed by atoms with E-state index in [0.717, 1.165) is 43.4 Å². The number of rotatable bonds is 4.